The maximum atomic E-state index is 12.9. The van der Waals surface area contributed by atoms with E-state index in [2.05, 4.69) is 9.97 Å². The van der Waals surface area contributed by atoms with Gasteiger partial charge in [0.2, 0.25) is 0 Å². The quantitative estimate of drug-likeness (QED) is 0.370. The molecule has 1 aromatic carbocycles. The van der Waals surface area contributed by atoms with Gasteiger partial charge in [0.15, 0.2) is 0 Å². The second-order valence-corrected chi connectivity index (χ2v) is 11.0. The number of nitrogens with zero attached hydrogens (tertiary/aromatic N) is 4. The van der Waals surface area contributed by atoms with E-state index in [4.69, 9.17) is 14.5 Å². The Hall–Kier alpha value is -3.40. The number of carbonyl (C=O) groups is 1. The molecule has 2 fully saturated rings. The average molecular weight is 531 g/mol. The first-order valence-electron chi connectivity index (χ1n) is 13.2. The summed E-state index contributed by atoms with van der Waals surface area (Å²) in [4.78, 5) is 28.3. The zero-order valence-corrected chi connectivity index (χ0v) is 21.9. The Balaban J connectivity index is 1.17. The van der Waals surface area contributed by atoms with Gasteiger partial charge in [-0.05, 0) is 43.0 Å². The normalized spacial score (nSPS) is 20.0. The van der Waals surface area contributed by atoms with E-state index in [-0.39, 0.29) is 12.0 Å². The zero-order valence-electron chi connectivity index (χ0n) is 21.1. The number of aliphatic hydroxyl groups is 1. The van der Waals surface area contributed by atoms with Gasteiger partial charge in [0.05, 0.1) is 45.8 Å². The molecule has 0 radical (unpaired) electrons. The molecule has 2 atom stereocenters. The number of aliphatic hydroxyl groups excluding tert-OH is 1. The van der Waals surface area contributed by atoms with Crippen molar-refractivity contribution in [1.82, 2.24) is 19.9 Å². The largest absolute Gasteiger partial charge is 0.457 e. The first-order chi connectivity index (χ1) is 18.6. The molecule has 2 aliphatic rings. The second-order valence-electron chi connectivity index (χ2n) is 9.90. The van der Waals surface area contributed by atoms with Gasteiger partial charge in [-0.25, -0.2) is 4.98 Å². The molecule has 4 aromatic rings. The molecule has 1 saturated heterocycles. The predicted molar refractivity (Wildman–Crippen MR) is 146 cm³/mol. The fourth-order valence-corrected chi connectivity index (χ4v) is 6.26. The van der Waals surface area contributed by atoms with E-state index in [0.717, 1.165) is 52.2 Å². The highest BCUT2D eigenvalue weighted by molar-refractivity contribution is 7.18. The number of carbonyl (C=O) groups excluding carboxylic acids is 1. The summed E-state index contributed by atoms with van der Waals surface area (Å²) in [5.41, 5.74) is 2.91. The molecule has 1 saturated carbocycles. The smallest absolute Gasteiger partial charge is 0.255 e. The number of pyridine rings is 2. The van der Waals surface area contributed by atoms with Crippen LogP contribution in [-0.2, 0) is 11.2 Å². The van der Waals surface area contributed by atoms with Crippen LogP contribution < -0.4 is 4.74 Å². The van der Waals surface area contributed by atoms with Crippen LogP contribution in [-0.4, -0.2) is 63.3 Å². The van der Waals surface area contributed by atoms with Crippen LogP contribution in [0.15, 0.2) is 55.0 Å². The van der Waals surface area contributed by atoms with Gasteiger partial charge in [-0.15, -0.1) is 11.3 Å². The van der Waals surface area contributed by atoms with E-state index in [9.17, 15) is 9.90 Å². The molecule has 6 rings (SSSR count). The van der Waals surface area contributed by atoms with Gasteiger partial charge in [-0.2, -0.15) is 0 Å². The zero-order chi connectivity index (χ0) is 25.9. The summed E-state index contributed by atoms with van der Waals surface area (Å²) in [7, 11) is 0. The number of hydrogen-bond donors (Lipinski definition) is 1. The first kappa shape index (κ1) is 24.9. The fourth-order valence-electron chi connectivity index (χ4n) is 5.17. The average Bonchev–Trinajstić information content (AvgIpc) is 3.36. The number of thiazole rings is 1. The molecule has 0 unspecified atom stereocenters. The maximum absolute atomic E-state index is 12.9. The van der Waals surface area contributed by atoms with Crippen LogP contribution in [0.25, 0.3) is 21.5 Å². The van der Waals surface area contributed by atoms with Gasteiger partial charge in [-0.3, -0.25) is 14.8 Å². The van der Waals surface area contributed by atoms with Crippen molar-refractivity contribution >= 4 is 27.5 Å². The molecule has 1 aliphatic carbocycles. The first-order valence-corrected chi connectivity index (χ1v) is 14.0. The summed E-state index contributed by atoms with van der Waals surface area (Å²) < 4.78 is 12.6. The summed E-state index contributed by atoms with van der Waals surface area (Å²) >= 11 is 1.67. The van der Waals surface area contributed by atoms with Gasteiger partial charge >= 0.3 is 0 Å². The molecule has 4 heterocycles. The minimum Gasteiger partial charge on any atom is -0.457 e. The summed E-state index contributed by atoms with van der Waals surface area (Å²) in [5.74, 6) is 1.61. The molecule has 9 heteroatoms. The lowest BCUT2D eigenvalue weighted by atomic mass is 9.84. The number of rotatable bonds is 6. The summed E-state index contributed by atoms with van der Waals surface area (Å²) in [6.07, 6.45) is 9.86. The highest BCUT2D eigenvalue weighted by Gasteiger charge is 2.24. The maximum Gasteiger partial charge on any atom is 0.255 e. The molecule has 38 heavy (non-hydrogen) atoms. The van der Waals surface area contributed by atoms with E-state index in [1.54, 1.807) is 34.8 Å². The van der Waals surface area contributed by atoms with E-state index < -0.39 is 0 Å². The summed E-state index contributed by atoms with van der Waals surface area (Å²) in [6.45, 7) is 2.27. The Morgan fingerprint density at radius 3 is 2.79 bits per heavy atom. The highest BCUT2D eigenvalue weighted by atomic mass is 32.1. The Labute approximate surface area is 225 Å². The highest BCUT2D eigenvalue weighted by Crippen LogP contribution is 2.33. The van der Waals surface area contributed by atoms with E-state index in [0.29, 0.717) is 49.2 Å². The minimum absolute atomic E-state index is 0.0507. The lowest BCUT2D eigenvalue weighted by molar-refractivity contribution is 0.0302. The summed E-state index contributed by atoms with van der Waals surface area (Å²) in [6, 6.07) is 11.4. The van der Waals surface area contributed by atoms with Crippen LogP contribution in [0.1, 0.15) is 41.0 Å². The van der Waals surface area contributed by atoms with Gasteiger partial charge in [0.1, 0.15) is 11.5 Å². The monoisotopic (exact) mass is 530 g/mol. The van der Waals surface area contributed by atoms with Crippen LogP contribution in [0.3, 0.4) is 0 Å². The van der Waals surface area contributed by atoms with Crippen molar-refractivity contribution in [2.45, 2.75) is 38.2 Å². The fraction of sp³-hybridized carbons (Fsp3) is 0.379. The number of morpholine rings is 1. The van der Waals surface area contributed by atoms with Crippen LogP contribution in [0.5, 0.6) is 11.5 Å². The van der Waals surface area contributed by atoms with Crippen LogP contribution >= 0.6 is 11.3 Å². The van der Waals surface area contributed by atoms with Gasteiger partial charge in [-0.1, -0.05) is 12.8 Å². The SMILES string of the molecule is O=C(c1cncc(-c2cc(Oc3ccc4nc(C[C@@H]5CCCC[C@H]5O)sc4c3)ccn2)c1)N1CCOCC1. The van der Waals surface area contributed by atoms with E-state index in [1.165, 1.54) is 6.42 Å². The van der Waals surface area contributed by atoms with Crippen molar-refractivity contribution in [3.05, 3.63) is 65.6 Å². The van der Waals surface area contributed by atoms with Crippen molar-refractivity contribution in [3.63, 3.8) is 0 Å². The Morgan fingerprint density at radius 1 is 1.08 bits per heavy atom. The molecule has 196 valence electrons. The third-order valence-corrected chi connectivity index (χ3v) is 8.30. The van der Waals surface area contributed by atoms with E-state index >= 15 is 0 Å². The third-order valence-electron chi connectivity index (χ3n) is 7.26. The van der Waals surface area contributed by atoms with E-state index in [1.807, 2.05) is 36.4 Å². The Bertz CT molecular complexity index is 1440. The lowest BCUT2D eigenvalue weighted by Crippen LogP contribution is -2.40. The number of hydrogen-bond acceptors (Lipinski definition) is 8. The van der Waals surface area contributed by atoms with Crippen molar-refractivity contribution in [1.29, 1.82) is 0 Å². The standard InChI is InChI=1S/C29H30N4O4S/c34-26-4-2-1-3-19(26)14-28-32-24-6-5-22(16-27(24)38-28)37-23-7-8-31-25(15-23)20-13-21(18-30-17-20)29(35)33-9-11-36-12-10-33/h5-8,13,15-19,26,34H,1-4,9-12,14H2/t19-,26+/m0/s1. The van der Waals surface area contributed by atoms with Crippen molar-refractivity contribution in [2.24, 2.45) is 5.92 Å². The third kappa shape index (κ3) is 5.55. The van der Waals surface area contributed by atoms with Gasteiger partial charge in [0, 0.05) is 55.8 Å². The number of aromatic nitrogens is 3. The minimum atomic E-state index is -0.219. The second kappa shape index (κ2) is 11.1. The van der Waals surface area contributed by atoms with Crippen molar-refractivity contribution < 1.29 is 19.4 Å². The van der Waals surface area contributed by atoms with Crippen molar-refractivity contribution in [2.75, 3.05) is 26.3 Å². The number of amides is 1. The molecular formula is C29H30N4O4S. The number of fused-ring (bicyclic) bond motifs is 1. The molecule has 1 N–H and O–H groups in total. The summed E-state index contributed by atoms with van der Waals surface area (Å²) in [5, 5.41) is 11.4. The van der Waals surface area contributed by atoms with Gasteiger partial charge in [0.25, 0.3) is 5.91 Å². The Morgan fingerprint density at radius 2 is 1.92 bits per heavy atom. The van der Waals surface area contributed by atoms with Crippen LogP contribution in [0.2, 0.25) is 0 Å². The molecule has 3 aromatic heterocycles. The van der Waals surface area contributed by atoms with Crippen molar-refractivity contribution in [3.8, 4) is 22.8 Å². The number of ether oxygens (including phenoxy) is 2. The molecular weight excluding hydrogens is 500 g/mol. The predicted octanol–water partition coefficient (Wildman–Crippen LogP) is 5.11. The topological polar surface area (TPSA) is 97.7 Å². The van der Waals surface area contributed by atoms with Crippen LogP contribution in [0, 0.1) is 5.92 Å². The molecule has 1 amide bonds. The lowest BCUT2D eigenvalue weighted by Gasteiger charge is -2.26. The van der Waals surface area contributed by atoms with Gasteiger partial charge < -0.3 is 19.5 Å². The molecule has 8 nitrogen and oxygen atoms in total. The van der Waals surface area contributed by atoms with Crippen LogP contribution in [0.4, 0.5) is 0 Å². The molecule has 1 aliphatic heterocycles. The number of benzene rings is 1. The Kier molecular flexibility index (Phi) is 7.31. The molecule has 0 spiro atoms. The molecule has 0 bridgehead atoms.